The lowest BCUT2D eigenvalue weighted by atomic mass is 9.99. The SMILES string of the molecule is CC(C)CC(NC(=O)c1ccc2ccncc2c1)C(=O)c1noc(OCCN(C)C)n1. The van der Waals surface area contributed by atoms with Crippen LogP contribution in [0.5, 0.6) is 6.08 Å². The van der Waals surface area contributed by atoms with Crippen LogP contribution in [0.25, 0.3) is 10.8 Å². The first-order valence-electron chi connectivity index (χ1n) is 10.1. The Balaban J connectivity index is 1.72. The molecule has 3 aromatic rings. The predicted molar refractivity (Wildman–Crippen MR) is 115 cm³/mol. The molecule has 2 heterocycles. The van der Waals surface area contributed by atoms with Gasteiger partial charge in [0.05, 0.1) is 6.04 Å². The van der Waals surface area contributed by atoms with Gasteiger partial charge in [-0.25, -0.2) is 0 Å². The smallest absolute Gasteiger partial charge is 0.417 e. The van der Waals surface area contributed by atoms with Crippen LogP contribution < -0.4 is 10.1 Å². The van der Waals surface area contributed by atoms with Gasteiger partial charge in [-0.05, 0) is 55.2 Å². The molecule has 0 saturated heterocycles. The first-order valence-corrected chi connectivity index (χ1v) is 10.1. The molecule has 0 spiro atoms. The number of rotatable bonds is 10. The molecule has 0 aliphatic heterocycles. The summed E-state index contributed by atoms with van der Waals surface area (Å²) in [6.07, 6.45) is 3.76. The van der Waals surface area contributed by atoms with Crippen LogP contribution >= 0.6 is 0 Å². The lowest BCUT2D eigenvalue weighted by molar-refractivity contribution is 0.0838. The number of likely N-dealkylation sites (N-methyl/N-ethyl adjacent to an activating group) is 1. The summed E-state index contributed by atoms with van der Waals surface area (Å²) in [5.74, 6) is -0.724. The van der Waals surface area contributed by atoms with Gasteiger partial charge in [0, 0.05) is 29.9 Å². The van der Waals surface area contributed by atoms with Gasteiger partial charge in [-0.1, -0.05) is 19.9 Å². The number of benzene rings is 1. The summed E-state index contributed by atoms with van der Waals surface area (Å²) in [5, 5.41) is 8.37. The molecule has 1 amide bonds. The Labute approximate surface area is 180 Å². The van der Waals surface area contributed by atoms with E-state index >= 15 is 0 Å². The van der Waals surface area contributed by atoms with Crippen LogP contribution in [-0.2, 0) is 0 Å². The number of fused-ring (bicyclic) bond motifs is 1. The van der Waals surface area contributed by atoms with Crippen molar-refractivity contribution in [1.82, 2.24) is 25.3 Å². The highest BCUT2D eigenvalue weighted by atomic mass is 16.6. The van der Waals surface area contributed by atoms with Gasteiger partial charge in [-0.2, -0.15) is 0 Å². The van der Waals surface area contributed by atoms with E-state index in [9.17, 15) is 9.59 Å². The number of aromatic nitrogens is 3. The van der Waals surface area contributed by atoms with E-state index in [1.165, 1.54) is 0 Å². The molecule has 9 nitrogen and oxygen atoms in total. The molecular weight excluding hydrogens is 398 g/mol. The zero-order valence-corrected chi connectivity index (χ0v) is 18.2. The third-order valence-corrected chi connectivity index (χ3v) is 4.62. The fourth-order valence-corrected chi connectivity index (χ4v) is 3.01. The van der Waals surface area contributed by atoms with Gasteiger partial charge in [-0.3, -0.25) is 19.1 Å². The predicted octanol–water partition coefficient (Wildman–Crippen LogP) is 2.59. The van der Waals surface area contributed by atoms with Crippen LogP contribution in [-0.4, -0.2) is 65.0 Å². The molecular formula is C22H27N5O4. The molecule has 1 N–H and O–H groups in total. The maximum absolute atomic E-state index is 13.0. The second-order valence-electron chi connectivity index (χ2n) is 7.99. The van der Waals surface area contributed by atoms with Crippen LogP contribution in [0.1, 0.15) is 41.2 Å². The Morgan fingerprint density at radius 3 is 2.74 bits per heavy atom. The number of pyridine rings is 1. The van der Waals surface area contributed by atoms with E-state index < -0.39 is 11.8 Å². The highest BCUT2D eigenvalue weighted by Crippen LogP contribution is 2.16. The number of hydrogen-bond acceptors (Lipinski definition) is 8. The van der Waals surface area contributed by atoms with Gasteiger partial charge in [0.2, 0.25) is 11.6 Å². The molecule has 0 saturated carbocycles. The van der Waals surface area contributed by atoms with Crippen molar-refractivity contribution in [3.63, 3.8) is 0 Å². The first kappa shape index (κ1) is 22.4. The Hall–Kier alpha value is -3.33. The number of carbonyl (C=O) groups excluding carboxylic acids is 2. The summed E-state index contributed by atoms with van der Waals surface area (Å²) in [4.78, 5) is 35.9. The van der Waals surface area contributed by atoms with Crippen molar-refractivity contribution in [3.05, 3.63) is 48.0 Å². The van der Waals surface area contributed by atoms with E-state index in [1.807, 2.05) is 45.0 Å². The number of ketones is 1. The minimum atomic E-state index is -0.788. The molecule has 1 atom stereocenters. The summed E-state index contributed by atoms with van der Waals surface area (Å²) in [6.45, 7) is 4.96. The average Bonchev–Trinajstić information content (AvgIpc) is 3.20. The molecule has 3 rings (SSSR count). The lowest BCUT2D eigenvalue weighted by Gasteiger charge is -2.18. The third-order valence-electron chi connectivity index (χ3n) is 4.62. The summed E-state index contributed by atoms with van der Waals surface area (Å²) >= 11 is 0. The molecule has 0 aliphatic carbocycles. The van der Waals surface area contributed by atoms with Gasteiger partial charge in [0.25, 0.3) is 5.91 Å². The molecule has 9 heteroatoms. The van der Waals surface area contributed by atoms with Crippen molar-refractivity contribution in [2.24, 2.45) is 5.92 Å². The Bertz CT molecular complexity index is 1050. The van der Waals surface area contributed by atoms with E-state index in [1.54, 1.807) is 24.5 Å². The standard InChI is InChI=1S/C22H27N5O4/c1-14(2)11-18(19(28)20-25-22(31-26-20)30-10-9-27(3)4)24-21(29)16-6-5-15-7-8-23-13-17(15)12-16/h5-8,12-14,18H,9-11H2,1-4H3,(H,24,29). The largest absolute Gasteiger partial charge is 0.447 e. The quantitative estimate of drug-likeness (QED) is 0.494. The summed E-state index contributed by atoms with van der Waals surface area (Å²) in [6, 6.07) is 6.40. The van der Waals surface area contributed by atoms with Crippen molar-refractivity contribution in [2.75, 3.05) is 27.2 Å². The van der Waals surface area contributed by atoms with Crippen LogP contribution in [0.3, 0.4) is 0 Å². The van der Waals surface area contributed by atoms with E-state index in [-0.39, 0.29) is 23.7 Å². The average molecular weight is 425 g/mol. The van der Waals surface area contributed by atoms with Crippen molar-refractivity contribution in [2.45, 2.75) is 26.3 Å². The number of ether oxygens (including phenoxy) is 1. The van der Waals surface area contributed by atoms with Crippen LogP contribution in [0.15, 0.2) is 41.2 Å². The molecule has 2 aromatic heterocycles. The third kappa shape index (κ3) is 6.08. The Kier molecular flexibility index (Phi) is 7.30. The minimum Gasteiger partial charge on any atom is -0.447 e. The molecule has 31 heavy (non-hydrogen) atoms. The Morgan fingerprint density at radius 2 is 2.00 bits per heavy atom. The number of nitrogens with one attached hydrogen (secondary N) is 1. The second kappa shape index (κ2) is 10.1. The van der Waals surface area contributed by atoms with Crippen molar-refractivity contribution >= 4 is 22.5 Å². The first-order chi connectivity index (χ1) is 14.8. The molecule has 0 bridgehead atoms. The van der Waals surface area contributed by atoms with Crippen molar-refractivity contribution in [3.8, 4) is 6.08 Å². The van der Waals surface area contributed by atoms with Crippen molar-refractivity contribution < 1.29 is 18.8 Å². The van der Waals surface area contributed by atoms with Crippen LogP contribution in [0, 0.1) is 5.92 Å². The minimum absolute atomic E-state index is 0.0677. The lowest BCUT2D eigenvalue weighted by Crippen LogP contribution is -2.42. The molecule has 1 aromatic carbocycles. The van der Waals surface area contributed by atoms with Crippen LogP contribution in [0.4, 0.5) is 0 Å². The van der Waals surface area contributed by atoms with Gasteiger partial charge in [0.1, 0.15) is 6.61 Å². The molecule has 0 radical (unpaired) electrons. The zero-order chi connectivity index (χ0) is 22.4. The zero-order valence-electron chi connectivity index (χ0n) is 18.2. The van der Waals surface area contributed by atoms with Crippen molar-refractivity contribution in [1.29, 1.82) is 0 Å². The summed E-state index contributed by atoms with van der Waals surface area (Å²) in [5.41, 5.74) is 0.447. The summed E-state index contributed by atoms with van der Waals surface area (Å²) < 4.78 is 10.4. The highest BCUT2D eigenvalue weighted by molar-refractivity contribution is 6.03. The van der Waals surface area contributed by atoms with Gasteiger partial charge in [0.15, 0.2) is 0 Å². The van der Waals surface area contributed by atoms with E-state index in [0.717, 1.165) is 10.8 Å². The van der Waals surface area contributed by atoms with E-state index in [2.05, 4.69) is 20.4 Å². The topological polar surface area (TPSA) is 110 Å². The number of Topliss-reactive ketones (excluding diaryl/α,β-unsaturated/α-hetero) is 1. The monoisotopic (exact) mass is 425 g/mol. The van der Waals surface area contributed by atoms with Gasteiger partial charge in [-0.15, -0.1) is 4.98 Å². The fraction of sp³-hybridized carbons (Fsp3) is 0.409. The van der Waals surface area contributed by atoms with E-state index in [0.29, 0.717) is 25.1 Å². The highest BCUT2D eigenvalue weighted by Gasteiger charge is 2.28. The molecule has 1 unspecified atom stereocenters. The number of carbonyl (C=O) groups is 2. The van der Waals surface area contributed by atoms with Gasteiger partial charge >= 0.3 is 6.08 Å². The molecule has 164 valence electrons. The second-order valence-corrected chi connectivity index (χ2v) is 7.99. The fourth-order valence-electron chi connectivity index (χ4n) is 3.01. The normalized spacial score (nSPS) is 12.3. The molecule has 0 fully saturated rings. The number of hydrogen-bond donors (Lipinski definition) is 1. The van der Waals surface area contributed by atoms with Gasteiger partial charge < -0.3 is 15.0 Å². The summed E-state index contributed by atoms with van der Waals surface area (Å²) in [7, 11) is 3.83. The van der Waals surface area contributed by atoms with E-state index in [4.69, 9.17) is 9.26 Å². The maximum atomic E-state index is 13.0. The number of nitrogens with zero attached hydrogens (tertiary/aromatic N) is 4. The molecule has 0 aliphatic rings. The van der Waals surface area contributed by atoms with Crippen LogP contribution in [0.2, 0.25) is 0 Å². The maximum Gasteiger partial charge on any atom is 0.417 e. The Morgan fingerprint density at radius 1 is 1.19 bits per heavy atom. The number of amides is 1.